The fourth-order valence-corrected chi connectivity index (χ4v) is 11.6. The van der Waals surface area contributed by atoms with Crippen LogP contribution in [0.15, 0.2) is 114 Å². The zero-order valence-corrected chi connectivity index (χ0v) is 48.0. The van der Waals surface area contributed by atoms with Crippen molar-refractivity contribution >= 4 is 41.8 Å². The molecule has 2 unspecified atom stereocenters. The number of rotatable bonds is 17. The monoisotopic (exact) mass is 1180 g/mol. The van der Waals surface area contributed by atoms with E-state index in [0.29, 0.717) is 61.4 Å². The number of methoxy groups -OCH3 is 3. The molecular weight excluding hydrogens is 1110 g/mol. The number of esters is 2. The molecule has 8 amide bonds. The van der Waals surface area contributed by atoms with Gasteiger partial charge >= 0.3 is 36.1 Å². The average molecular weight is 1180 g/mol. The Morgan fingerprint density at radius 1 is 0.647 bits per heavy atom. The Labute approximate surface area is 489 Å². The van der Waals surface area contributed by atoms with Gasteiger partial charge in [-0.15, -0.1) is 0 Å². The van der Waals surface area contributed by atoms with E-state index in [1.165, 1.54) is 53.4 Å². The van der Waals surface area contributed by atoms with E-state index in [9.17, 15) is 56.4 Å². The lowest BCUT2D eigenvalue weighted by Crippen LogP contribution is -2.55. The van der Waals surface area contributed by atoms with E-state index < -0.39 is 82.1 Å². The minimum absolute atomic E-state index is 0. The second-order valence-corrected chi connectivity index (χ2v) is 21.0. The first kappa shape index (κ1) is 65.6. The molecule has 6 N–H and O–H groups in total. The summed E-state index contributed by atoms with van der Waals surface area (Å²) in [5, 5.41) is 27.0. The molecule has 4 aromatic carbocycles. The van der Waals surface area contributed by atoms with Gasteiger partial charge in [0, 0.05) is 56.6 Å². The molecule has 2 aliphatic carbocycles. The number of imide groups is 2. The van der Waals surface area contributed by atoms with Crippen LogP contribution in [0.1, 0.15) is 105 Å². The Morgan fingerprint density at radius 3 is 1.64 bits per heavy atom. The first-order valence-corrected chi connectivity index (χ1v) is 27.5. The molecule has 2 atom stereocenters. The first-order valence-electron chi connectivity index (χ1n) is 27.5. The van der Waals surface area contributed by atoms with Crippen molar-refractivity contribution in [1.29, 1.82) is 5.26 Å². The number of allylic oxidation sites excluding steroid dienone is 1. The highest BCUT2D eigenvalue weighted by Gasteiger charge is 2.46. The maximum absolute atomic E-state index is 14.1. The Kier molecular flexibility index (Phi) is 22.6. The molecule has 454 valence electrons. The van der Waals surface area contributed by atoms with E-state index in [2.05, 4.69) is 38.0 Å². The number of Topliss-reactive ketones (excluding diaryl/α,β-unsaturated/α-hetero) is 1. The first-order chi connectivity index (χ1) is 40.2. The lowest BCUT2D eigenvalue weighted by Gasteiger charge is -2.38. The van der Waals surface area contributed by atoms with Crippen LogP contribution in [0.4, 0.5) is 41.4 Å². The van der Waals surface area contributed by atoms with Crippen LogP contribution in [0.25, 0.3) is 0 Å². The zero-order valence-electron chi connectivity index (χ0n) is 48.0. The summed E-state index contributed by atoms with van der Waals surface area (Å²) in [4.78, 5) is 92.4. The number of urea groups is 4. The number of carbonyl (C=O) groups excluding carboxylic acids is 7. The summed E-state index contributed by atoms with van der Waals surface area (Å²) < 4.78 is 71.3. The predicted molar refractivity (Wildman–Crippen MR) is 302 cm³/mol. The Bertz CT molecular complexity index is 3190. The topological polar surface area (TPSA) is 250 Å². The highest BCUT2D eigenvalue weighted by Crippen LogP contribution is 2.42. The fourth-order valence-electron chi connectivity index (χ4n) is 11.6. The minimum Gasteiger partial charge on any atom is -0.468 e. The zero-order chi connectivity index (χ0) is 60.9. The molecule has 85 heavy (non-hydrogen) atoms. The number of nitrogens with zero attached hydrogens (tertiary/aromatic N) is 3. The SMILES string of the molecule is CC(=O)C1=C(C)NC(=O)N(C(=O)NCCNC2CCC(C#N)(c3ccccc3)CC2)C1c1cc(F)c(F)c(F)c1.COCC1=C(C(=O)OC)C(c2ccc(F)c(C)c2)N(C(=O)NCCNC2CCC(C(=O)OC)(c3ccccc3)CC2)C(=O)N1.F. The third kappa shape index (κ3) is 14.7. The molecule has 0 saturated heterocycles. The molecule has 8 rings (SSSR count). The van der Waals surface area contributed by atoms with E-state index in [-0.39, 0.29) is 76.1 Å². The number of amides is 8. The number of halogens is 5. The van der Waals surface area contributed by atoms with Crippen molar-refractivity contribution in [3.8, 4) is 6.07 Å². The Morgan fingerprint density at radius 2 is 1.15 bits per heavy atom. The van der Waals surface area contributed by atoms with Gasteiger partial charge in [-0.2, -0.15) is 5.26 Å². The van der Waals surface area contributed by atoms with Crippen molar-refractivity contribution in [3.05, 3.63) is 165 Å². The van der Waals surface area contributed by atoms with Gasteiger partial charge in [-0.3, -0.25) is 14.3 Å². The molecule has 19 nitrogen and oxygen atoms in total. The van der Waals surface area contributed by atoms with Gasteiger partial charge in [0.15, 0.2) is 23.2 Å². The number of benzene rings is 4. The Balaban J connectivity index is 0.000000270. The van der Waals surface area contributed by atoms with E-state index in [1.54, 1.807) is 6.92 Å². The quantitative estimate of drug-likeness (QED) is 0.0251. The van der Waals surface area contributed by atoms with Crippen molar-refractivity contribution in [3.63, 3.8) is 0 Å². The molecule has 2 aliphatic heterocycles. The van der Waals surface area contributed by atoms with Crippen molar-refractivity contribution in [2.45, 2.75) is 107 Å². The molecule has 0 aromatic heterocycles. The van der Waals surface area contributed by atoms with Gasteiger partial charge in [-0.25, -0.2) is 51.3 Å². The molecule has 24 heteroatoms. The summed E-state index contributed by atoms with van der Waals surface area (Å²) in [7, 11) is 4.01. The van der Waals surface area contributed by atoms with Gasteiger partial charge in [0.1, 0.15) is 11.9 Å². The molecule has 0 radical (unpaired) electrons. The minimum atomic E-state index is -1.70. The van der Waals surface area contributed by atoms with Gasteiger partial charge in [0.05, 0.1) is 55.0 Å². The van der Waals surface area contributed by atoms with Crippen LogP contribution in [0.2, 0.25) is 0 Å². The molecule has 0 spiro atoms. The number of ketones is 1. The summed E-state index contributed by atoms with van der Waals surface area (Å²) in [5.41, 5.74) is 1.34. The summed E-state index contributed by atoms with van der Waals surface area (Å²) in [6, 6.07) is 21.6. The molecule has 4 aliphatic rings. The summed E-state index contributed by atoms with van der Waals surface area (Å²) >= 11 is 0. The number of nitriles is 1. The van der Waals surface area contributed by atoms with Crippen molar-refractivity contribution in [2.24, 2.45) is 0 Å². The number of hydrogen-bond acceptors (Lipinski definition) is 13. The Hall–Kier alpha value is -8.53. The molecule has 2 saturated carbocycles. The van der Waals surface area contributed by atoms with Crippen LogP contribution in [-0.2, 0) is 39.4 Å². The van der Waals surface area contributed by atoms with Crippen LogP contribution in [0, 0.1) is 41.5 Å². The number of aryl methyl sites for hydroxylation is 1. The van der Waals surface area contributed by atoms with Crippen LogP contribution in [0.5, 0.6) is 0 Å². The van der Waals surface area contributed by atoms with Crippen LogP contribution in [0.3, 0.4) is 0 Å². The maximum Gasteiger partial charge on any atom is 0.338 e. The van der Waals surface area contributed by atoms with E-state index in [4.69, 9.17) is 14.2 Å². The van der Waals surface area contributed by atoms with E-state index >= 15 is 0 Å². The van der Waals surface area contributed by atoms with Crippen LogP contribution >= 0.6 is 0 Å². The van der Waals surface area contributed by atoms with Crippen LogP contribution in [-0.4, -0.2) is 118 Å². The average Bonchev–Trinajstić information content (AvgIpc) is 2.15. The van der Waals surface area contributed by atoms with Gasteiger partial charge in [-0.1, -0.05) is 72.8 Å². The largest absolute Gasteiger partial charge is 0.468 e. The molecule has 2 fully saturated rings. The second-order valence-electron chi connectivity index (χ2n) is 21.0. The normalized spacial score (nSPS) is 22.1. The molecule has 0 bridgehead atoms. The van der Waals surface area contributed by atoms with Gasteiger partial charge in [0.25, 0.3) is 0 Å². The highest BCUT2D eigenvalue weighted by atomic mass is 19.2. The standard InChI is InChI=1S/C32H39FN4O7.C29H30F3N5O3.FH/c1-20-18-21(10-11-24(20)33)27-26(28(38)43-3)25(19-42-2)36-31(41)37(27)30(40)35-17-16-34-23-12-14-32(15-13-23,29(39)44-4)22-8-6-5-7-9-22;1-17-24(18(2)38)26(19-14-22(30)25(32)23(31)15-19)37(28(40)36-17)27(39)35-13-12-34-21-8-10-29(16-33,11-9-21)20-6-4-3-5-7-20;/h5-11,18,23,27,34H,12-17,19H2,1-4H3,(H,35,40)(H,36,41);3-7,14-15,21,26,34H,8-13H2,1-2H3,(H,35,39)(H,36,40);1H. The smallest absolute Gasteiger partial charge is 0.338 e. The molecule has 2 heterocycles. The predicted octanol–water partition coefficient (Wildman–Crippen LogP) is 8.52. The second kappa shape index (κ2) is 29.3. The fraction of sp³-hybridized carbons (Fsp3) is 0.410. The summed E-state index contributed by atoms with van der Waals surface area (Å²) in [6.07, 6.45) is 5.61. The summed E-state index contributed by atoms with van der Waals surface area (Å²) in [6.45, 7) is 5.11. The van der Waals surface area contributed by atoms with Crippen molar-refractivity contribution in [2.75, 3.05) is 54.1 Å². The van der Waals surface area contributed by atoms with E-state index in [0.717, 1.165) is 41.7 Å². The number of nitrogens with one attached hydrogen (secondary N) is 6. The van der Waals surface area contributed by atoms with Gasteiger partial charge in [0.2, 0.25) is 0 Å². The number of carbonyl (C=O) groups is 7. The van der Waals surface area contributed by atoms with Crippen molar-refractivity contribution < 1.29 is 70.0 Å². The lowest BCUT2D eigenvalue weighted by molar-refractivity contribution is -0.149. The number of ether oxygens (including phenoxy) is 3. The third-order valence-electron chi connectivity index (χ3n) is 15.9. The lowest BCUT2D eigenvalue weighted by atomic mass is 9.68. The van der Waals surface area contributed by atoms with Gasteiger partial charge in [-0.05, 0) is 118 Å². The maximum atomic E-state index is 14.1. The molecular formula is C61H70F5N9O10. The number of hydrogen-bond donors (Lipinski definition) is 6. The van der Waals surface area contributed by atoms with Crippen LogP contribution < -0.4 is 31.9 Å². The van der Waals surface area contributed by atoms with E-state index in [1.807, 2.05) is 60.7 Å². The summed E-state index contributed by atoms with van der Waals surface area (Å²) in [5.74, 6) is -6.72. The third-order valence-corrected chi connectivity index (χ3v) is 15.9. The van der Waals surface area contributed by atoms with Gasteiger partial charge < -0.3 is 46.1 Å². The van der Waals surface area contributed by atoms with Crippen molar-refractivity contribution in [1.82, 2.24) is 41.7 Å². The molecule has 4 aromatic rings. The highest BCUT2D eigenvalue weighted by molar-refractivity contribution is 6.04.